The molecule has 0 radical (unpaired) electrons. The minimum Gasteiger partial charge on any atom is -0.459 e. The quantitative estimate of drug-likeness (QED) is 0.897. The van der Waals surface area contributed by atoms with Crippen molar-refractivity contribution < 1.29 is 14.0 Å². The van der Waals surface area contributed by atoms with Gasteiger partial charge in [0.1, 0.15) is 6.04 Å². The van der Waals surface area contributed by atoms with Crippen molar-refractivity contribution in [2.75, 3.05) is 6.54 Å². The van der Waals surface area contributed by atoms with Gasteiger partial charge in [0.2, 0.25) is 5.91 Å². The third-order valence-electron chi connectivity index (χ3n) is 3.80. The zero-order valence-electron chi connectivity index (χ0n) is 11.0. The number of carbonyl (C=O) groups excluding carboxylic acids is 2. The van der Waals surface area contributed by atoms with Gasteiger partial charge < -0.3 is 14.6 Å². The lowest BCUT2D eigenvalue weighted by atomic mass is 10.2. The molecule has 1 atom stereocenters. The molecule has 0 aromatic carbocycles. The van der Waals surface area contributed by atoms with Gasteiger partial charge >= 0.3 is 0 Å². The largest absolute Gasteiger partial charge is 0.459 e. The third kappa shape index (κ3) is 2.37. The Morgan fingerprint density at radius 2 is 2.16 bits per heavy atom. The maximum atomic E-state index is 12.4. The van der Waals surface area contributed by atoms with E-state index in [0.29, 0.717) is 18.3 Å². The minimum atomic E-state index is -0.336. The number of aryl methyl sites for hydroxylation is 1. The third-order valence-corrected chi connectivity index (χ3v) is 3.80. The van der Waals surface area contributed by atoms with Gasteiger partial charge in [0.15, 0.2) is 5.76 Å². The number of hydrogen-bond donors (Lipinski definition) is 1. The smallest absolute Gasteiger partial charge is 0.290 e. The van der Waals surface area contributed by atoms with Crippen LogP contribution in [0.2, 0.25) is 0 Å². The number of carbonyl (C=O) groups is 2. The number of hydrogen-bond acceptors (Lipinski definition) is 3. The second-order valence-corrected chi connectivity index (χ2v) is 5.37. The molecule has 1 aromatic rings. The fourth-order valence-corrected chi connectivity index (χ4v) is 2.53. The molecule has 1 saturated carbocycles. The van der Waals surface area contributed by atoms with Crippen LogP contribution in [0.3, 0.4) is 0 Å². The predicted molar refractivity (Wildman–Crippen MR) is 68.7 cm³/mol. The molecule has 2 amide bonds. The van der Waals surface area contributed by atoms with Crippen LogP contribution in [-0.2, 0) is 4.79 Å². The highest BCUT2D eigenvalue weighted by atomic mass is 16.3. The van der Waals surface area contributed by atoms with Gasteiger partial charge in [0, 0.05) is 18.2 Å². The summed E-state index contributed by atoms with van der Waals surface area (Å²) in [6.07, 6.45) is 5.24. The Labute approximate surface area is 111 Å². The zero-order valence-corrected chi connectivity index (χ0v) is 11.0. The van der Waals surface area contributed by atoms with Crippen LogP contribution in [0.1, 0.15) is 41.8 Å². The zero-order chi connectivity index (χ0) is 13.4. The molecule has 1 aliphatic heterocycles. The van der Waals surface area contributed by atoms with Gasteiger partial charge in [0.05, 0.1) is 6.26 Å². The molecule has 3 rings (SSSR count). The van der Waals surface area contributed by atoms with E-state index in [1.807, 2.05) is 6.92 Å². The van der Waals surface area contributed by atoms with E-state index < -0.39 is 0 Å². The lowest BCUT2D eigenvalue weighted by Gasteiger charge is -2.23. The Kier molecular flexibility index (Phi) is 3.05. The molecule has 5 heteroatoms. The van der Waals surface area contributed by atoms with Crippen molar-refractivity contribution in [2.45, 2.75) is 44.7 Å². The van der Waals surface area contributed by atoms with Gasteiger partial charge in [-0.3, -0.25) is 9.59 Å². The molecule has 0 spiro atoms. The summed E-state index contributed by atoms with van der Waals surface area (Å²) in [7, 11) is 0. The van der Waals surface area contributed by atoms with Gasteiger partial charge in [0.25, 0.3) is 5.91 Å². The fraction of sp³-hybridized carbons (Fsp3) is 0.571. The number of likely N-dealkylation sites (tertiary alicyclic amines) is 1. The van der Waals surface area contributed by atoms with Crippen molar-refractivity contribution >= 4 is 11.8 Å². The maximum absolute atomic E-state index is 12.4. The summed E-state index contributed by atoms with van der Waals surface area (Å²) in [5.41, 5.74) is 0.818. The minimum absolute atomic E-state index is 0.0161. The predicted octanol–water partition coefficient (Wildman–Crippen LogP) is 1.47. The number of amides is 2. The Balaban J connectivity index is 1.73. The summed E-state index contributed by atoms with van der Waals surface area (Å²) in [5.74, 6) is 0.166. The first kappa shape index (κ1) is 12.3. The average molecular weight is 262 g/mol. The topological polar surface area (TPSA) is 62.6 Å². The fourth-order valence-electron chi connectivity index (χ4n) is 2.53. The first-order valence-electron chi connectivity index (χ1n) is 6.82. The molecule has 19 heavy (non-hydrogen) atoms. The SMILES string of the molecule is Cc1ccoc1C(=O)N1CCCC1C(=O)NC1CC1. The van der Waals surface area contributed by atoms with E-state index in [0.717, 1.165) is 31.2 Å². The van der Waals surface area contributed by atoms with E-state index in [1.54, 1.807) is 11.0 Å². The Morgan fingerprint density at radius 3 is 2.79 bits per heavy atom. The van der Waals surface area contributed by atoms with Crippen LogP contribution >= 0.6 is 0 Å². The number of furan rings is 1. The van der Waals surface area contributed by atoms with Crippen LogP contribution in [0.5, 0.6) is 0 Å². The van der Waals surface area contributed by atoms with E-state index in [4.69, 9.17) is 4.42 Å². The molecule has 102 valence electrons. The normalized spacial score (nSPS) is 22.6. The second-order valence-electron chi connectivity index (χ2n) is 5.37. The van der Waals surface area contributed by atoms with Crippen molar-refractivity contribution in [1.82, 2.24) is 10.2 Å². The molecule has 1 aliphatic carbocycles. The second kappa shape index (κ2) is 4.72. The summed E-state index contributed by atoms with van der Waals surface area (Å²) in [6.45, 7) is 2.47. The monoisotopic (exact) mass is 262 g/mol. The lowest BCUT2D eigenvalue weighted by Crippen LogP contribution is -2.46. The van der Waals surface area contributed by atoms with Crippen LogP contribution in [-0.4, -0.2) is 35.3 Å². The number of rotatable bonds is 3. The highest BCUT2D eigenvalue weighted by molar-refractivity contribution is 5.97. The molecular formula is C14H18N2O3. The molecular weight excluding hydrogens is 244 g/mol. The van der Waals surface area contributed by atoms with Crippen LogP contribution < -0.4 is 5.32 Å². The molecule has 0 bridgehead atoms. The summed E-state index contributed by atoms with van der Waals surface area (Å²) in [6, 6.07) is 1.76. The average Bonchev–Trinajstić information content (AvgIpc) is 2.92. The molecule has 2 heterocycles. The van der Waals surface area contributed by atoms with Crippen molar-refractivity contribution in [3.63, 3.8) is 0 Å². The number of nitrogens with one attached hydrogen (secondary N) is 1. The van der Waals surface area contributed by atoms with E-state index in [-0.39, 0.29) is 17.9 Å². The Hall–Kier alpha value is -1.78. The molecule has 2 fully saturated rings. The Bertz CT molecular complexity index is 505. The van der Waals surface area contributed by atoms with Gasteiger partial charge in [-0.05, 0) is 38.7 Å². The van der Waals surface area contributed by atoms with E-state index >= 15 is 0 Å². The molecule has 1 aromatic heterocycles. The van der Waals surface area contributed by atoms with E-state index in [1.165, 1.54) is 6.26 Å². The van der Waals surface area contributed by atoms with Gasteiger partial charge in [-0.25, -0.2) is 0 Å². The summed E-state index contributed by atoms with van der Waals surface area (Å²) >= 11 is 0. The molecule has 2 aliphatic rings. The van der Waals surface area contributed by atoms with Crippen LogP contribution in [0.25, 0.3) is 0 Å². The molecule has 1 saturated heterocycles. The molecule has 1 unspecified atom stereocenters. The standard InChI is InChI=1S/C14H18N2O3/c1-9-6-8-19-12(9)14(18)16-7-2-3-11(16)13(17)15-10-4-5-10/h6,8,10-11H,2-5,7H2,1H3,(H,15,17). The van der Waals surface area contributed by atoms with E-state index in [2.05, 4.69) is 5.32 Å². The highest BCUT2D eigenvalue weighted by Gasteiger charge is 2.37. The number of nitrogens with zero attached hydrogens (tertiary/aromatic N) is 1. The summed E-state index contributed by atoms with van der Waals surface area (Å²) < 4.78 is 5.24. The van der Waals surface area contributed by atoms with Crippen LogP contribution in [0.4, 0.5) is 0 Å². The van der Waals surface area contributed by atoms with E-state index in [9.17, 15) is 9.59 Å². The van der Waals surface area contributed by atoms with Gasteiger partial charge in [-0.1, -0.05) is 0 Å². The van der Waals surface area contributed by atoms with Gasteiger partial charge in [-0.15, -0.1) is 0 Å². The summed E-state index contributed by atoms with van der Waals surface area (Å²) in [5, 5.41) is 2.98. The van der Waals surface area contributed by atoms with Gasteiger partial charge in [-0.2, -0.15) is 0 Å². The van der Waals surface area contributed by atoms with Crippen molar-refractivity contribution in [1.29, 1.82) is 0 Å². The molecule has 5 nitrogen and oxygen atoms in total. The molecule has 1 N–H and O–H groups in total. The first-order valence-corrected chi connectivity index (χ1v) is 6.82. The maximum Gasteiger partial charge on any atom is 0.290 e. The van der Waals surface area contributed by atoms with Crippen molar-refractivity contribution in [3.8, 4) is 0 Å². The van der Waals surface area contributed by atoms with Crippen LogP contribution in [0, 0.1) is 6.92 Å². The Morgan fingerprint density at radius 1 is 1.37 bits per heavy atom. The lowest BCUT2D eigenvalue weighted by molar-refractivity contribution is -0.125. The first-order chi connectivity index (χ1) is 9.16. The highest BCUT2D eigenvalue weighted by Crippen LogP contribution is 2.24. The van der Waals surface area contributed by atoms with Crippen LogP contribution in [0.15, 0.2) is 16.7 Å². The van der Waals surface area contributed by atoms with Crippen molar-refractivity contribution in [2.24, 2.45) is 0 Å². The van der Waals surface area contributed by atoms with Crippen molar-refractivity contribution in [3.05, 3.63) is 23.7 Å². The summed E-state index contributed by atoms with van der Waals surface area (Å²) in [4.78, 5) is 26.2.